The summed E-state index contributed by atoms with van der Waals surface area (Å²) in [6.07, 6.45) is 1.81. The second-order valence-electron chi connectivity index (χ2n) is 4.59. The summed E-state index contributed by atoms with van der Waals surface area (Å²) in [5.74, 6) is 3.17. The van der Waals surface area contributed by atoms with Gasteiger partial charge in [-0.15, -0.1) is 0 Å². The Hall–Kier alpha value is -2.44. The van der Waals surface area contributed by atoms with Crippen molar-refractivity contribution >= 4 is 0 Å². The average molecular weight is 291 g/mol. The van der Waals surface area contributed by atoms with Crippen molar-refractivity contribution in [3.8, 4) is 0 Å². The van der Waals surface area contributed by atoms with Crippen molar-refractivity contribution in [2.24, 2.45) is 0 Å². The summed E-state index contributed by atoms with van der Waals surface area (Å²) in [4.78, 5) is 10.8. The summed E-state index contributed by atoms with van der Waals surface area (Å²) in [6, 6.07) is 1.89. The number of aromatic nitrogens is 5. The zero-order chi connectivity index (χ0) is 15.8. The second kappa shape index (κ2) is 7.98. The lowest BCUT2D eigenvalue weighted by atomic mass is 10.4. The Bertz CT molecular complexity index is 513. The van der Waals surface area contributed by atoms with Crippen molar-refractivity contribution in [1.82, 2.24) is 25.3 Å². The van der Waals surface area contributed by atoms with Gasteiger partial charge in [-0.1, -0.05) is 10.3 Å². The Morgan fingerprint density at radius 3 is 1.81 bits per heavy atom. The number of nitrogens with one attached hydrogen (secondary N) is 1. The predicted octanol–water partition coefficient (Wildman–Crippen LogP) is 3.00. The molecule has 21 heavy (non-hydrogen) atoms. The van der Waals surface area contributed by atoms with Gasteiger partial charge in [0.2, 0.25) is 5.89 Å². The molecule has 0 aliphatic rings. The molecule has 0 radical (unpaired) electrons. The van der Waals surface area contributed by atoms with Crippen LogP contribution in [-0.4, -0.2) is 25.3 Å². The summed E-state index contributed by atoms with van der Waals surface area (Å²) in [7, 11) is 0. The van der Waals surface area contributed by atoms with Gasteiger partial charge in [0.1, 0.15) is 11.6 Å². The Kier molecular flexibility index (Phi) is 6.32. The van der Waals surface area contributed by atoms with Crippen LogP contribution >= 0.6 is 0 Å². The Labute approximate surface area is 123 Å². The van der Waals surface area contributed by atoms with Crippen LogP contribution < -0.4 is 0 Å². The van der Waals surface area contributed by atoms with Crippen LogP contribution in [-0.2, 0) is 0 Å². The van der Waals surface area contributed by atoms with Crippen molar-refractivity contribution in [1.29, 1.82) is 0 Å². The van der Waals surface area contributed by atoms with Crippen molar-refractivity contribution in [3.63, 3.8) is 0 Å². The van der Waals surface area contributed by atoms with Crippen molar-refractivity contribution in [2.75, 3.05) is 0 Å². The largest absolute Gasteiger partial charge is 0.361 e. The maximum atomic E-state index is 4.71. The van der Waals surface area contributed by atoms with E-state index in [0.29, 0.717) is 11.7 Å². The molecule has 0 aromatic carbocycles. The van der Waals surface area contributed by atoms with Gasteiger partial charge in [-0.2, -0.15) is 4.98 Å². The highest BCUT2D eigenvalue weighted by Gasteiger charge is 1.90. The highest BCUT2D eigenvalue weighted by atomic mass is 16.5. The molecular weight excluding hydrogens is 270 g/mol. The number of aromatic amines is 1. The number of hydrogen-bond acceptors (Lipinski definition) is 6. The monoisotopic (exact) mass is 291 g/mol. The molecule has 0 saturated heterocycles. The van der Waals surface area contributed by atoms with Crippen LogP contribution in [0, 0.1) is 41.5 Å². The lowest BCUT2D eigenvalue weighted by Gasteiger charge is -1.74. The van der Waals surface area contributed by atoms with Crippen LogP contribution in [0.5, 0.6) is 0 Å². The molecule has 0 aliphatic carbocycles. The van der Waals surface area contributed by atoms with Gasteiger partial charge in [-0.25, -0.2) is 4.98 Å². The zero-order valence-electron chi connectivity index (χ0n) is 13.3. The molecule has 0 atom stereocenters. The van der Waals surface area contributed by atoms with E-state index < -0.39 is 0 Å². The second-order valence-corrected chi connectivity index (χ2v) is 4.59. The normalized spacial score (nSPS) is 9.43. The minimum atomic E-state index is 0.623. The molecule has 3 aromatic rings. The van der Waals surface area contributed by atoms with Gasteiger partial charge >= 0.3 is 0 Å². The molecule has 0 spiro atoms. The highest BCUT2D eigenvalue weighted by molar-refractivity contribution is 4.99. The lowest BCUT2D eigenvalue weighted by Crippen LogP contribution is -1.70. The third-order valence-electron chi connectivity index (χ3n) is 2.20. The van der Waals surface area contributed by atoms with E-state index in [4.69, 9.17) is 4.52 Å². The molecule has 1 N–H and O–H groups in total. The number of imidazole rings is 1. The molecular formula is C14H21N5O2. The summed E-state index contributed by atoms with van der Waals surface area (Å²) in [5, 5.41) is 7.17. The van der Waals surface area contributed by atoms with Crippen molar-refractivity contribution < 1.29 is 9.05 Å². The Balaban J connectivity index is 0.000000157. The molecule has 7 nitrogen and oxygen atoms in total. The SMILES string of the molecule is Cc1cc(C)on1.Cc1cnc(C)[nH]1.Cc1noc(C)n1. The third kappa shape index (κ3) is 7.05. The van der Waals surface area contributed by atoms with Gasteiger partial charge < -0.3 is 14.0 Å². The third-order valence-corrected chi connectivity index (χ3v) is 2.20. The molecule has 0 unspecified atom stereocenters. The fourth-order valence-electron chi connectivity index (χ4n) is 1.44. The van der Waals surface area contributed by atoms with Gasteiger partial charge in [0.15, 0.2) is 5.82 Å². The minimum Gasteiger partial charge on any atom is -0.361 e. The van der Waals surface area contributed by atoms with Gasteiger partial charge in [0.05, 0.1) is 5.69 Å². The molecule has 0 bridgehead atoms. The average Bonchev–Trinajstić information content (AvgIpc) is 3.06. The van der Waals surface area contributed by atoms with Gasteiger partial charge in [-0.05, 0) is 34.6 Å². The number of hydrogen-bond donors (Lipinski definition) is 1. The molecule has 0 fully saturated rings. The summed E-state index contributed by atoms with van der Waals surface area (Å²) in [6.45, 7) is 11.2. The summed E-state index contributed by atoms with van der Waals surface area (Å²) in [5.41, 5.74) is 2.06. The van der Waals surface area contributed by atoms with E-state index in [-0.39, 0.29) is 0 Å². The lowest BCUT2D eigenvalue weighted by molar-refractivity contribution is 0.389. The van der Waals surface area contributed by atoms with Crippen LogP contribution in [0.4, 0.5) is 0 Å². The molecule has 3 heterocycles. The molecule has 0 saturated carbocycles. The molecule has 0 amide bonds. The van der Waals surface area contributed by atoms with E-state index in [9.17, 15) is 0 Å². The van der Waals surface area contributed by atoms with Crippen LogP contribution in [0.1, 0.15) is 34.7 Å². The molecule has 3 rings (SSSR count). The van der Waals surface area contributed by atoms with E-state index in [2.05, 4.69) is 29.8 Å². The van der Waals surface area contributed by atoms with E-state index in [0.717, 1.165) is 23.0 Å². The minimum absolute atomic E-state index is 0.623. The number of rotatable bonds is 0. The van der Waals surface area contributed by atoms with E-state index in [1.165, 1.54) is 0 Å². The fraction of sp³-hybridized carbons (Fsp3) is 0.429. The molecule has 7 heteroatoms. The van der Waals surface area contributed by atoms with Gasteiger partial charge in [0, 0.05) is 24.9 Å². The maximum absolute atomic E-state index is 4.71. The smallest absolute Gasteiger partial charge is 0.223 e. The quantitative estimate of drug-likeness (QED) is 0.684. The van der Waals surface area contributed by atoms with E-state index in [1.807, 2.05) is 40.0 Å². The van der Waals surface area contributed by atoms with Gasteiger partial charge in [-0.3, -0.25) is 0 Å². The first-order valence-electron chi connectivity index (χ1n) is 6.52. The Morgan fingerprint density at radius 1 is 0.952 bits per heavy atom. The zero-order valence-corrected chi connectivity index (χ0v) is 13.3. The maximum Gasteiger partial charge on any atom is 0.223 e. The first-order valence-corrected chi connectivity index (χ1v) is 6.52. The van der Waals surface area contributed by atoms with Crippen LogP contribution in [0.25, 0.3) is 0 Å². The topological polar surface area (TPSA) is 93.6 Å². The van der Waals surface area contributed by atoms with Crippen LogP contribution in [0.3, 0.4) is 0 Å². The van der Waals surface area contributed by atoms with Crippen LogP contribution in [0.15, 0.2) is 21.3 Å². The van der Waals surface area contributed by atoms with Crippen molar-refractivity contribution in [2.45, 2.75) is 41.5 Å². The first-order chi connectivity index (χ1) is 9.86. The summed E-state index contributed by atoms with van der Waals surface area (Å²) < 4.78 is 9.32. The van der Waals surface area contributed by atoms with Crippen molar-refractivity contribution in [3.05, 3.63) is 47.0 Å². The fourth-order valence-corrected chi connectivity index (χ4v) is 1.44. The predicted molar refractivity (Wildman–Crippen MR) is 77.8 cm³/mol. The standard InChI is InChI=1S/C5H8N2.C5H7NO.C4H6N2O/c1-4-3-6-5(2)7-4;1-4-3-5(2)7-6-4;1-3-5-4(2)7-6-3/h3H,1-2H3,(H,6,7);3H,1-2H3;1-2H3. The summed E-state index contributed by atoms with van der Waals surface area (Å²) >= 11 is 0. The van der Waals surface area contributed by atoms with Crippen LogP contribution in [0.2, 0.25) is 0 Å². The first kappa shape index (κ1) is 16.6. The molecule has 3 aromatic heterocycles. The number of H-pyrrole nitrogens is 1. The van der Waals surface area contributed by atoms with E-state index >= 15 is 0 Å². The Morgan fingerprint density at radius 2 is 1.67 bits per heavy atom. The highest BCUT2D eigenvalue weighted by Crippen LogP contribution is 1.97. The molecule has 114 valence electrons. The van der Waals surface area contributed by atoms with E-state index in [1.54, 1.807) is 13.8 Å². The van der Waals surface area contributed by atoms with Gasteiger partial charge in [0.25, 0.3) is 0 Å². The molecule has 0 aliphatic heterocycles. The number of aryl methyl sites for hydroxylation is 6. The number of nitrogens with zero attached hydrogens (tertiary/aromatic N) is 4.